The fraction of sp³-hybridized carbons (Fsp3) is 0.211. The lowest BCUT2D eigenvalue weighted by molar-refractivity contribution is -0.142. The summed E-state index contributed by atoms with van der Waals surface area (Å²) in [5.41, 5.74) is 3.15. The van der Waals surface area contributed by atoms with Gasteiger partial charge in [-0.05, 0) is 37.6 Å². The molecule has 0 saturated carbocycles. The number of carbonyl (C=O) groups is 1. The van der Waals surface area contributed by atoms with Crippen molar-refractivity contribution in [2.75, 3.05) is 5.75 Å². The van der Waals surface area contributed by atoms with Gasteiger partial charge >= 0.3 is 5.97 Å². The van der Waals surface area contributed by atoms with Crippen LogP contribution in [0, 0.1) is 13.8 Å². The molecule has 0 amide bonds. The molecule has 2 aromatic carbocycles. The van der Waals surface area contributed by atoms with E-state index in [0.29, 0.717) is 5.89 Å². The van der Waals surface area contributed by atoms with E-state index >= 15 is 0 Å². The van der Waals surface area contributed by atoms with E-state index in [1.165, 1.54) is 17.3 Å². The summed E-state index contributed by atoms with van der Waals surface area (Å²) in [7, 11) is 0. The smallest absolute Gasteiger partial charge is 0.316 e. The third-order valence-electron chi connectivity index (χ3n) is 3.53. The van der Waals surface area contributed by atoms with Crippen molar-refractivity contribution in [1.82, 2.24) is 10.2 Å². The van der Waals surface area contributed by atoms with Crippen LogP contribution >= 0.6 is 11.8 Å². The molecule has 0 unspecified atom stereocenters. The molecular formula is C19H18N2O3S. The Hall–Kier alpha value is -2.60. The quantitative estimate of drug-likeness (QED) is 0.488. The number of aryl methyl sites for hydroxylation is 2. The molecule has 128 valence electrons. The topological polar surface area (TPSA) is 65.2 Å². The van der Waals surface area contributed by atoms with Crippen LogP contribution in [-0.4, -0.2) is 21.9 Å². The molecule has 0 spiro atoms. The lowest BCUT2D eigenvalue weighted by Crippen LogP contribution is -2.07. The highest BCUT2D eigenvalue weighted by Gasteiger charge is 2.11. The lowest BCUT2D eigenvalue weighted by atomic mass is 10.2. The van der Waals surface area contributed by atoms with Crippen molar-refractivity contribution in [2.45, 2.75) is 25.3 Å². The summed E-state index contributed by atoms with van der Waals surface area (Å²) in [5, 5.41) is 7.87. The predicted molar refractivity (Wildman–Crippen MR) is 96.2 cm³/mol. The van der Waals surface area contributed by atoms with Crippen molar-refractivity contribution in [3.63, 3.8) is 0 Å². The number of hydrogen-bond acceptors (Lipinski definition) is 6. The van der Waals surface area contributed by atoms with Crippen LogP contribution in [0.3, 0.4) is 0 Å². The van der Waals surface area contributed by atoms with Crippen molar-refractivity contribution < 1.29 is 13.9 Å². The fourth-order valence-corrected chi connectivity index (χ4v) is 3.11. The molecule has 0 bridgehead atoms. The van der Waals surface area contributed by atoms with Crippen molar-refractivity contribution in [3.8, 4) is 11.5 Å². The third kappa shape index (κ3) is 4.70. The zero-order chi connectivity index (χ0) is 17.6. The summed E-state index contributed by atoms with van der Waals surface area (Å²) in [6.07, 6.45) is 0. The number of carbonyl (C=O) groups excluding carboxylic acids is 1. The Morgan fingerprint density at radius 2 is 1.92 bits per heavy atom. The third-order valence-corrected chi connectivity index (χ3v) is 4.66. The Balaban J connectivity index is 1.51. The SMILES string of the molecule is Cc1ccc(C)c(SCC(=O)OCc2nnc(-c3ccccc3)o2)c1. The van der Waals surface area contributed by atoms with Crippen LogP contribution in [0.25, 0.3) is 11.5 Å². The monoisotopic (exact) mass is 354 g/mol. The van der Waals surface area contributed by atoms with Crippen LogP contribution in [0.1, 0.15) is 17.0 Å². The number of thioether (sulfide) groups is 1. The fourth-order valence-electron chi connectivity index (χ4n) is 2.19. The largest absolute Gasteiger partial charge is 0.455 e. The van der Waals surface area contributed by atoms with Gasteiger partial charge in [0, 0.05) is 10.5 Å². The highest BCUT2D eigenvalue weighted by molar-refractivity contribution is 8.00. The maximum atomic E-state index is 11.9. The van der Waals surface area contributed by atoms with Gasteiger partial charge in [0.15, 0.2) is 6.61 Å². The van der Waals surface area contributed by atoms with Gasteiger partial charge in [0.05, 0.1) is 5.75 Å². The van der Waals surface area contributed by atoms with Gasteiger partial charge in [-0.15, -0.1) is 22.0 Å². The second-order valence-corrected chi connectivity index (χ2v) is 6.60. The standard InChI is InChI=1S/C19H18N2O3S/c1-13-8-9-14(2)16(10-13)25-12-18(22)23-11-17-20-21-19(24-17)15-6-4-3-5-7-15/h3-10H,11-12H2,1-2H3. The normalized spacial score (nSPS) is 10.6. The maximum absolute atomic E-state index is 11.9. The van der Waals surface area contributed by atoms with E-state index in [1.54, 1.807) is 0 Å². The van der Waals surface area contributed by atoms with Crippen molar-refractivity contribution in [3.05, 3.63) is 65.5 Å². The van der Waals surface area contributed by atoms with Crippen molar-refractivity contribution in [2.24, 2.45) is 0 Å². The van der Waals surface area contributed by atoms with Gasteiger partial charge in [-0.2, -0.15) is 0 Å². The molecule has 0 radical (unpaired) electrons. The number of rotatable bonds is 6. The van der Waals surface area contributed by atoms with E-state index in [2.05, 4.69) is 22.3 Å². The van der Waals surface area contributed by atoms with Gasteiger partial charge in [-0.25, -0.2) is 0 Å². The van der Waals surface area contributed by atoms with Crippen LogP contribution in [0.2, 0.25) is 0 Å². The van der Waals surface area contributed by atoms with Gasteiger partial charge in [-0.1, -0.05) is 35.9 Å². The summed E-state index contributed by atoms with van der Waals surface area (Å²) in [6, 6.07) is 15.6. The minimum Gasteiger partial charge on any atom is -0.455 e. The molecule has 0 atom stereocenters. The first-order chi connectivity index (χ1) is 12.1. The highest BCUT2D eigenvalue weighted by Crippen LogP contribution is 2.23. The second kappa shape index (κ2) is 7.98. The Morgan fingerprint density at radius 3 is 2.72 bits per heavy atom. The molecule has 1 heterocycles. The molecule has 3 aromatic rings. The molecule has 0 saturated heterocycles. The Labute approximate surface area is 150 Å². The number of ether oxygens (including phenoxy) is 1. The molecular weight excluding hydrogens is 336 g/mol. The van der Waals surface area contributed by atoms with E-state index in [0.717, 1.165) is 16.0 Å². The van der Waals surface area contributed by atoms with Crippen LogP contribution in [0.4, 0.5) is 0 Å². The average Bonchev–Trinajstić information content (AvgIpc) is 3.10. The molecule has 0 aliphatic heterocycles. The van der Waals surface area contributed by atoms with E-state index < -0.39 is 0 Å². The van der Waals surface area contributed by atoms with Crippen LogP contribution in [0.15, 0.2) is 57.8 Å². The Bertz CT molecular complexity index is 862. The molecule has 0 fully saturated rings. The predicted octanol–water partition coefficient (Wildman–Crippen LogP) is 4.19. The summed E-state index contributed by atoms with van der Waals surface area (Å²) in [6.45, 7) is 4.03. The summed E-state index contributed by atoms with van der Waals surface area (Å²) in [4.78, 5) is 13.0. The molecule has 0 N–H and O–H groups in total. The number of esters is 1. The summed E-state index contributed by atoms with van der Waals surface area (Å²) in [5.74, 6) is 0.620. The molecule has 6 heteroatoms. The van der Waals surface area contributed by atoms with Gasteiger partial charge < -0.3 is 9.15 Å². The van der Waals surface area contributed by atoms with Crippen LogP contribution in [-0.2, 0) is 16.1 Å². The lowest BCUT2D eigenvalue weighted by Gasteiger charge is -2.06. The van der Waals surface area contributed by atoms with E-state index in [4.69, 9.17) is 9.15 Å². The van der Waals surface area contributed by atoms with Gasteiger partial charge in [0.25, 0.3) is 5.89 Å². The number of aromatic nitrogens is 2. The first kappa shape index (κ1) is 17.2. The maximum Gasteiger partial charge on any atom is 0.316 e. The Morgan fingerprint density at radius 1 is 1.12 bits per heavy atom. The number of nitrogens with zero attached hydrogens (tertiary/aromatic N) is 2. The minimum atomic E-state index is -0.314. The molecule has 5 nitrogen and oxygen atoms in total. The first-order valence-electron chi connectivity index (χ1n) is 7.85. The van der Waals surface area contributed by atoms with E-state index in [-0.39, 0.29) is 24.2 Å². The van der Waals surface area contributed by atoms with Gasteiger partial charge in [0.2, 0.25) is 5.89 Å². The molecule has 0 aliphatic rings. The van der Waals surface area contributed by atoms with Gasteiger partial charge in [0.1, 0.15) is 0 Å². The van der Waals surface area contributed by atoms with Crippen molar-refractivity contribution in [1.29, 1.82) is 0 Å². The summed E-state index contributed by atoms with van der Waals surface area (Å²) >= 11 is 1.47. The van der Waals surface area contributed by atoms with Gasteiger partial charge in [-0.3, -0.25) is 4.79 Å². The number of hydrogen-bond donors (Lipinski definition) is 0. The van der Waals surface area contributed by atoms with E-state index in [1.807, 2.05) is 50.2 Å². The first-order valence-corrected chi connectivity index (χ1v) is 8.84. The van der Waals surface area contributed by atoms with Crippen LogP contribution < -0.4 is 0 Å². The minimum absolute atomic E-state index is 0.0218. The van der Waals surface area contributed by atoms with Crippen molar-refractivity contribution >= 4 is 17.7 Å². The molecule has 25 heavy (non-hydrogen) atoms. The zero-order valence-corrected chi connectivity index (χ0v) is 14.9. The average molecular weight is 354 g/mol. The molecule has 3 rings (SSSR count). The molecule has 1 aromatic heterocycles. The number of benzene rings is 2. The van der Waals surface area contributed by atoms with E-state index in [9.17, 15) is 4.79 Å². The zero-order valence-electron chi connectivity index (χ0n) is 14.1. The van der Waals surface area contributed by atoms with Crippen LogP contribution in [0.5, 0.6) is 0 Å². The molecule has 0 aliphatic carbocycles. The second-order valence-electron chi connectivity index (χ2n) is 5.59. The highest BCUT2D eigenvalue weighted by atomic mass is 32.2. The Kier molecular flexibility index (Phi) is 5.50. The summed E-state index contributed by atoms with van der Waals surface area (Å²) < 4.78 is 10.7.